The highest BCUT2D eigenvalue weighted by atomic mass is 28.3. The third kappa shape index (κ3) is 0.574. The quantitative estimate of drug-likeness (QED) is 0.254. The lowest BCUT2D eigenvalue weighted by molar-refractivity contribution is 0.0850. The summed E-state index contributed by atoms with van der Waals surface area (Å²) in [6.45, 7) is 3.43. The van der Waals surface area contributed by atoms with Crippen molar-refractivity contribution in [1.82, 2.24) is 0 Å². The molecule has 0 amide bonds. The summed E-state index contributed by atoms with van der Waals surface area (Å²) < 4.78 is 8.76. The molecular weight excluding hydrogens is 84.1 g/mol. The van der Waals surface area contributed by atoms with Crippen LogP contribution in [0.5, 0.6) is 0 Å². The summed E-state index contributed by atoms with van der Waals surface area (Å²) in [6, 6.07) is 0. The lowest BCUT2D eigenvalue weighted by atomic mass is 11.3. The maximum absolute atomic E-state index is 4.38. The van der Waals surface area contributed by atoms with E-state index in [0.717, 1.165) is 0 Å². The van der Waals surface area contributed by atoms with Crippen molar-refractivity contribution in [3.8, 4) is 0 Å². The van der Waals surface area contributed by atoms with Gasteiger partial charge in [-0.1, -0.05) is 0 Å². The second kappa shape index (κ2) is 0.929. The molecule has 0 aliphatic carbocycles. The van der Waals surface area contributed by atoms with E-state index < -0.39 is 9.28 Å². The molecular formula is C2H4O2Si. The molecule has 2 nitrogen and oxygen atoms in total. The van der Waals surface area contributed by atoms with Crippen LogP contribution < -0.4 is 0 Å². The summed E-state index contributed by atoms with van der Waals surface area (Å²) in [5.74, 6) is 0. The summed E-state index contributed by atoms with van der Waals surface area (Å²) in [5.41, 5.74) is 1.72. The Balaban J connectivity index is 2.21. The van der Waals surface area contributed by atoms with Crippen LogP contribution in [0.2, 0.25) is 0 Å². The lowest BCUT2D eigenvalue weighted by Crippen LogP contribution is -1.74. The van der Waals surface area contributed by atoms with Crippen LogP contribution in [0.25, 0.3) is 0 Å². The van der Waals surface area contributed by atoms with Gasteiger partial charge < -0.3 is 0 Å². The molecule has 3 heteroatoms. The first-order valence-corrected chi connectivity index (χ1v) is 2.99. The second-order valence-electron chi connectivity index (χ2n) is 0.797. The molecule has 0 saturated carbocycles. The van der Waals surface area contributed by atoms with Gasteiger partial charge in [0.05, 0.1) is 0 Å². The van der Waals surface area contributed by atoms with Crippen molar-refractivity contribution in [3.63, 3.8) is 0 Å². The van der Waals surface area contributed by atoms with Gasteiger partial charge in [-0.3, -0.25) is 9.15 Å². The molecule has 1 aliphatic heterocycles. The van der Waals surface area contributed by atoms with Crippen LogP contribution in [-0.2, 0) is 9.15 Å². The fourth-order valence-electron chi connectivity index (χ4n) is 0.111. The van der Waals surface area contributed by atoms with E-state index >= 15 is 0 Å². The number of rotatable bonds is 1. The molecule has 28 valence electrons. The Bertz CT molecular complexity index is 49.6. The normalized spacial score (nSPS) is 22.4. The van der Waals surface area contributed by atoms with Gasteiger partial charge in [0.15, 0.2) is 0 Å². The van der Waals surface area contributed by atoms with Crippen molar-refractivity contribution in [2.75, 3.05) is 0 Å². The molecule has 5 heavy (non-hydrogen) atoms. The predicted octanol–water partition coefficient (Wildman–Crippen LogP) is -0.106. The van der Waals surface area contributed by atoms with E-state index in [4.69, 9.17) is 0 Å². The SMILES string of the molecule is C=C[SiH]1OO1. The molecule has 1 aliphatic rings. The molecule has 0 aromatic heterocycles. The first-order chi connectivity index (χ1) is 2.43. The van der Waals surface area contributed by atoms with Gasteiger partial charge in [0.25, 0.3) is 0 Å². The molecule has 0 spiro atoms. The van der Waals surface area contributed by atoms with Gasteiger partial charge in [-0.15, -0.1) is 6.58 Å². The smallest absolute Gasteiger partial charge is 0.256 e. The third-order valence-electron chi connectivity index (χ3n) is 0.400. The van der Waals surface area contributed by atoms with Crippen LogP contribution in [0.4, 0.5) is 0 Å². The highest BCUT2D eigenvalue weighted by molar-refractivity contribution is 6.55. The largest absolute Gasteiger partial charge is 0.415 e. The first-order valence-electron chi connectivity index (χ1n) is 1.38. The van der Waals surface area contributed by atoms with Gasteiger partial charge in [0.1, 0.15) is 0 Å². The molecule has 0 bridgehead atoms. The Kier molecular flexibility index (Phi) is 0.573. The Labute approximate surface area is 31.8 Å². The van der Waals surface area contributed by atoms with Gasteiger partial charge in [-0.2, -0.15) is 0 Å². The Hall–Kier alpha value is -0.123. The Morgan fingerprint density at radius 3 is 2.20 bits per heavy atom. The summed E-state index contributed by atoms with van der Waals surface area (Å²) >= 11 is 0. The molecule has 0 aromatic rings. The predicted molar refractivity (Wildman–Crippen MR) is 19.5 cm³/mol. The fourth-order valence-corrected chi connectivity index (χ4v) is 0.524. The van der Waals surface area contributed by atoms with Crippen LogP contribution in [0.1, 0.15) is 0 Å². The standard InChI is InChI=1S/C2H4O2Si/c1-2-5-3-4-5/h2,5H,1H2. The van der Waals surface area contributed by atoms with E-state index in [9.17, 15) is 0 Å². The average Bonchev–Trinajstić information content (AvgIpc) is 2.12. The highest BCUT2D eigenvalue weighted by Gasteiger charge is 2.24. The van der Waals surface area contributed by atoms with E-state index in [2.05, 4.69) is 15.7 Å². The number of hydrogen-bond acceptors (Lipinski definition) is 2. The van der Waals surface area contributed by atoms with Crippen LogP contribution in [0, 0.1) is 0 Å². The minimum Gasteiger partial charge on any atom is -0.256 e. The Morgan fingerprint density at radius 1 is 1.60 bits per heavy atom. The second-order valence-corrected chi connectivity index (χ2v) is 2.39. The van der Waals surface area contributed by atoms with E-state index in [-0.39, 0.29) is 0 Å². The van der Waals surface area contributed by atoms with Crippen molar-refractivity contribution in [2.24, 2.45) is 0 Å². The zero-order valence-corrected chi connectivity index (χ0v) is 3.83. The minimum atomic E-state index is -1.14. The van der Waals surface area contributed by atoms with E-state index in [1.807, 2.05) is 0 Å². The molecule has 1 rings (SSSR count). The minimum absolute atomic E-state index is 1.14. The van der Waals surface area contributed by atoms with E-state index in [1.165, 1.54) is 0 Å². The molecule has 0 atom stereocenters. The summed E-state index contributed by atoms with van der Waals surface area (Å²) in [4.78, 5) is 0. The summed E-state index contributed by atoms with van der Waals surface area (Å²) in [5, 5.41) is 0. The molecule has 1 heterocycles. The summed E-state index contributed by atoms with van der Waals surface area (Å²) in [6.07, 6.45) is 0. The average molecular weight is 88.1 g/mol. The van der Waals surface area contributed by atoms with Crippen molar-refractivity contribution < 1.29 is 9.15 Å². The maximum atomic E-state index is 4.38. The number of hydrogen-bond donors (Lipinski definition) is 0. The zero-order valence-electron chi connectivity index (χ0n) is 2.68. The molecule has 0 aromatic carbocycles. The maximum Gasteiger partial charge on any atom is 0.415 e. The van der Waals surface area contributed by atoms with E-state index in [0.29, 0.717) is 0 Å². The van der Waals surface area contributed by atoms with Gasteiger partial charge in [-0.25, -0.2) is 0 Å². The van der Waals surface area contributed by atoms with Crippen LogP contribution in [0.3, 0.4) is 0 Å². The monoisotopic (exact) mass is 88.0 g/mol. The lowest BCUT2D eigenvalue weighted by Gasteiger charge is -1.46. The molecule has 1 saturated heterocycles. The topological polar surface area (TPSA) is 25.1 Å². The molecule has 0 N–H and O–H groups in total. The van der Waals surface area contributed by atoms with Crippen molar-refractivity contribution >= 4 is 9.28 Å². The zero-order chi connectivity index (χ0) is 3.70. The van der Waals surface area contributed by atoms with Crippen LogP contribution in [0.15, 0.2) is 12.3 Å². The highest BCUT2D eigenvalue weighted by Crippen LogP contribution is 2.04. The molecule has 0 unspecified atom stereocenters. The Morgan fingerprint density at radius 2 is 2.20 bits per heavy atom. The molecule has 1 fully saturated rings. The molecule has 0 radical (unpaired) electrons. The first kappa shape index (κ1) is 3.08. The third-order valence-corrected chi connectivity index (χ3v) is 1.20. The van der Waals surface area contributed by atoms with E-state index in [1.54, 1.807) is 5.70 Å². The summed E-state index contributed by atoms with van der Waals surface area (Å²) in [7, 11) is -1.14. The van der Waals surface area contributed by atoms with Crippen molar-refractivity contribution in [3.05, 3.63) is 12.3 Å². The van der Waals surface area contributed by atoms with Gasteiger partial charge in [-0.05, 0) is 5.70 Å². The van der Waals surface area contributed by atoms with Crippen LogP contribution in [-0.4, -0.2) is 9.28 Å². The van der Waals surface area contributed by atoms with Gasteiger partial charge in [0, 0.05) is 0 Å². The van der Waals surface area contributed by atoms with Crippen LogP contribution >= 0.6 is 0 Å². The fraction of sp³-hybridized carbons (Fsp3) is 0. The van der Waals surface area contributed by atoms with Crippen molar-refractivity contribution in [1.29, 1.82) is 0 Å². The van der Waals surface area contributed by atoms with Gasteiger partial charge >= 0.3 is 9.28 Å². The van der Waals surface area contributed by atoms with Gasteiger partial charge in [0.2, 0.25) is 0 Å². The van der Waals surface area contributed by atoms with Crippen molar-refractivity contribution in [2.45, 2.75) is 0 Å².